The fraction of sp³-hybridized carbons (Fsp3) is 0.316. The van der Waals surface area contributed by atoms with E-state index in [0.29, 0.717) is 6.54 Å². The molecular formula is C19H23Cl2N3O. The average Bonchev–Trinajstić information content (AvgIpc) is 2.98. The molecule has 0 unspecified atom stereocenters. The lowest BCUT2D eigenvalue weighted by molar-refractivity contribution is -0.117. The molecule has 2 aliphatic heterocycles. The molecule has 0 saturated heterocycles. The standard InChI is InChI=1S/C19H21N3O.2ClH/c20-16-7-3-9-18-15(16)6-4-11-22(18)19(23)13-21-12-10-14-5-1-2-8-17(14)21;;/h1-3,5,7-9H,4,6,10-13,20H2;2*1H. The molecule has 6 heteroatoms. The minimum atomic E-state index is 0. The van der Waals surface area contributed by atoms with E-state index in [4.69, 9.17) is 5.73 Å². The van der Waals surface area contributed by atoms with Gasteiger partial charge in [-0.3, -0.25) is 4.79 Å². The van der Waals surface area contributed by atoms with Crippen molar-refractivity contribution in [2.45, 2.75) is 19.3 Å². The number of carbonyl (C=O) groups is 1. The van der Waals surface area contributed by atoms with Crippen molar-refractivity contribution >= 4 is 47.8 Å². The summed E-state index contributed by atoms with van der Waals surface area (Å²) < 4.78 is 0. The van der Waals surface area contributed by atoms with E-state index in [9.17, 15) is 4.79 Å². The normalized spacial score (nSPS) is 14.9. The summed E-state index contributed by atoms with van der Waals surface area (Å²) in [5, 5.41) is 0. The lowest BCUT2D eigenvalue weighted by Crippen LogP contribution is -2.42. The zero-order valence-corrected chi connectivity index (χ0v) is 15.6. The molecule has 2 N–H and O–H groups in total. The van der Waals surface area contributed by atoms with Crippen molar-refractivity contribution in [1.82, 2.24) is 0 Å². The van der Waals surface area contributed by atoms with Gasteiger partial charge in [0.25, 0.3) is 0 Å². The summed E-state index contributed by atoms with van der Waals surface area (Å²) in [6.07, 6.45) is 2.95. The number of hydrogen-bond acceptors (Lipinski definition) is 3. The quantitative estimate of drug-likeness (QED) is 0.812. The number of fused-ring (bicyclic) bond motifs is 2. The molecule has 0 radical (unpaired) electrons. The first-order chi connectivity index (χ1) is 11.2. The van der Waals surface area contributed by atoms with E-state index in [0.717, 1.165) is 49.3 Å². The van der Waals surface area contributed by atoms with Crippen molar-refractivity contribution < 1.29 is 4.79 Å². The summed E-state index contributed by atoms with van der Waals surface area (Å²) in [5.74, 6) is 0.160. The first-order valence-corrected chi connectivity index (χ1v) is 8.24. The van der Waals surface area contributed by atoms with Gasteiger partial charge in [-0.15, -0.1) is 24.8 Å². The van der Waals surface area contributed by atoms with Crippen LogP contribution >= 0.6 is 24.8 Å². The van der Waals surface area contributed by atoms with E-state index in [1.54, 1.807) is 0 Å². The molecule has 2 aromatic carbocycles. The van der Waals surface area contributed by atoms with Gasteiger partial charge in [0.15, 0.2) is 0 Å². The van der Waals surface area contributed by atoms with Crippen LogP contribution in [0.1, 0.15) is 17.5 Å². The minimum absolute atomic E-state index is 0. The van der Waals surface area contributed by atoms with Crippen LogP contribution in [0.5, 0.6) is 0 Å². The van der Waals surface area contributed by atoms with Crippen molar-refractivity contribution in [2.75, 3.05) is 35.2 Å². The van der Waals surface area contributed by atoms with E-state index >= 15 is 0 Å². The third-order valence-corrected chi connectivity index (χ3v) is 4.90. The van der Waals surface area contributed by atoms with Crippen LogP contribution in [0.2, 0.25) is 0 Å². The Bertz CT molecular complexity index is 766. The van der Waals surface area contributed by atoms with Gasteiger partial charge >= 0.3 is 0 Å². The Hall–Kier alpha value is -1.91. The molecule has 0 saturated carbocycles. The summed E-state index contributed by atoms with van der Waals surface area (Å²) in [7, 11) is 0. The van der Waals surface area contributed by atoms with Gasteiger partial charge < -0.3 is 15.5 Å². The van der Waals surface area contributed by atoms with Crippen LogP contribution in [0.15, 0.2) is 42.5 Å². The lowest BCUT2D eigenvalue weighted by atomic mass is 10.00. The van der Waals surface area contributed by atoms with Gasteiger partial charge in [-0.25, -0.2) is 0 Å². The summed E-state index contributed by atoms with van der Waals surface area (Å²) in [5.41, 5.74) is 11.5. The number of carbonyl (C=O) groups excluding carboxylic acids is 1. The number of nitrogens with two attached hydrogens (primary N) is 1. The number of para-hydroxylation sites is 1. The number of nitrogen functional groups attached to an aromatic ring is 1. The fourth-order valence-electron chi connectivity index (χ4n) is 3.73. The van der Waals surface area contributed by atoms with Gasteiger partial charge in [-0.1, -0.05) is 24.3 Å². The Morgan fingerprint density at radius 1 is 0.960 bits per heavy atom. The number of halogens is 2. The highest BCUT2D eigenvalue weighted by Crippen LogP contribution is 2.32. The van der Waals surface area contributed by atoms with Gasteiger partial charge in [0.1, 0.15) is 0 Å². The highest BCUT2D eigenvalue weighted by atomic mass is 35.5. The predicted molar refractivity (Wildman–Crippen MR) is 108 cm³/mol. The molecule has 0 atom stereocenters. The molecule has 0 bridgehead atoms. The molecule has 2 aliphatic rings. The predicted octanol–water partition coefficient (Wildman–Crippen LogP) is 3.45. The van der Waals surface area contributed by atoms with Crippen LogP contribution in [0.25, 0.3) is 0 Å². The van der Waals surface area contributed by atoms with E-state index in [1.165, 1.54) is 11.3 Å². The first kappa shape index (κ1) is 19.4. The van der Waals surface area contributed by atoms with E-state index < -0.39 is 0 Å². The van der Waals surface area contributed by atoms with Crippen molar-refractivity contribution in [2.24, 2.45) is 0 Å². The second-order valence-electron chi connectivity index (χ2n) is 6.29. The van der Waals surface area contributed by atoms with Gasteiger partial charge in [0.05, 0.1) is 6.54 Å². The maximum Gasteiger partial charge on any atom is 0.246 e. The van der Waals surface area contributed by atoms with Crippen LogP contribution in [0.3, 0.4) is 0 Å². The topological polar surface area (TPSA) is 49.6 Å². The van der Waals surface area contributed by atoms with Crippen molar-refractivity contribution in [1.29, 1.82) is 0 Å². The molecule has 1 amide bonds. The lowest BCUT2D eigenvalue weighted by Gasteiger charge is -2.32. The number of nitrogens with zero attached hydrogens (tertiary/aromatic N) is 2. The van der Waals surface area contributed by atoms with Crippen LogP contribution in [-0.4, -0.2) is 25.5 Å². The van der Waals surface area contributed by atoms with Crippen molar-refractivity contribution in [3.8, 4) is 0 Å². The molecular weight excluding hydrogens is 357 g/mol. The maximum atomic E-state index is 12.9. The van der Waals surface area contributed by atoms with E-state index in [2.05, 4.69) is 23.1 Å². The number of benzene rings is 2. The molecule has 0 aliphatic carbocycles. The Kier molecular flexibility index (Phi) is 6.20. The molecule has 4 nitrogen and oxygen atoms in total. The zero-order valence-electron chi connectivity index (χ0n) is 14.0. The van der Waals surface area contributed by atoms with Crippen molar-refractivity contribution in [3.63, 3.8) is 0 Å². The van der Waals surface area contributed by atoms with Gasteiger partial charge in [-0.05, 0) is 48.6 Å². The van der Waals surface area contributed by atoms with Crippen LogP contribution in [0, 0.1) is 0 Å². The molecule has 0 spiro atoms. The Morgan fingerprint density at radius 2 is 1.72 bits per heavy atom. The second-order valence-corrected chi connectivity index (χ2v) is 6.29. The Morgan fingerprint density at radius 3 is 2.56 bits per heavy atom. The number of amides is 1. The monoisotopic (exact) mass is 379 g/mol. The Labute approximate surface area is 160 Å². The van der Waals surface area contributed by atoms with Gasteiger partial charge in [0, 0.05) is 30.2 Å². The summed E-state index contributed by atoms with van der Waals surface area (Å²) in [6, 6.07) is 14.2. The summed E-state index contributed by atoms with van der Waals surface area (Å²) >= 11 is 0. The first-order valence-electron chi connectivity index (χ1n) is 8.24. The van der Waals surface area contributed by atoms with E-state index in [-0.39, 0.29) is 30.7 Å². The van der Waals surface area contributed by atoms with Gasteiger partial charge in [-0.2, -0.15) is 0 Å². The minimum Gasteiger partial charge on any atom is -0.398 e. The molecule has 4 rings (SSSR count). The zero-order chi connectivity index (χ0) is 15.8. The largest absolute Gasteiger partial charge is 0.398 e. The molecule has 2 aromatic rings. The number of rotatable bonds is 2. The molecule has 0 aromatic heterocycles. The highest BCUT2D eigenvalue weighted by Gasteiger charge is 2.27. The second kappa shape index (κ2) is 7.98. The third-order valence-electron chi connectivity index (χ3n) is 4.90. The maximum absolute atomic E-state index is 12.9. The van der Waals surface area contributed by atoms with Crippen LogP contribution < -0.4 is 15.5 Å². The SMILES string of the molecule is Cl.Cl.Nc1cccc2c1CCCN2C(=O)CN1CCc2ccccc21. The van der Waals surface area contributed by atoms with Gasteiger partial charge in [0.2, 0.25) is 5.91 Å². The van der Waals surface area contributed by atoms with Crippen molar-refractivity contribution in [3.05, 3.63) is 53.6 Å². The summed E-state index contributed by atoms with van der Waals surface area (Å²) in [6.45, 7) is 2.14. The Balaban J connectivity index is 0.00000113. The number of hydrogen-bond donors (Lipinski definition) is 1. The fourth-order valence-corrected chi connectivity index (χ4v) is 3.73. The number of anilines is 3. The molecule has 25 heavy (non-hydrogen) atoms. The van der Waals surface area contributed by atoms with E-state index in [1.807, 2.05) is 29.2 Å². The molecule has 134 valence electrons. The van der Waals surface area contributed by atoms with Crippen LogP contribution in [0.4, 0.5) is 17.1 Å². The average molecular weight is 380 g/mol. The smallest absolute Gasteiger partial charge is 0.246 e. The molecule has 2 heterocycles. The highest BCUT2D eigenvalue weighted by molar-refractivity contribution is 5.98. The van der Waals surface area contributed by atoms with Crippen LogP contribution in [-0.2, 0) is 17.6 Å². The molecule has 0 fully saturated rings. The summed E-state index contributed by atoms with van der Waals surface area (Å²) in [4.78, 5) is 17.0. The third kappa shape index (κ3) is 3.55.